The summed E-state index contributed by atoms with van der Waals surface area (Å²) in [4.78, 5) is 11.7. The largest absolute Gasteiger partial charge is 0.477 e. The van der Waals surface area contributed by atoms with Crippen molar-refractivity contribution in [2.75, 3.05) is 0 Å². The molecule has 0 fully saturated rings. The van der Waals surface area contributed by atoms with E-state index in [1.54, 1.807) is 6.07 Å². The molecule has 116 valence electrons. The van der Waals surface area contributed by atoms with Gasteiger partial charge in [0.25, 0.3) is 0 Å². The maximum absolute atomic E-state index is 14.3. The minimum Gasteiger partial charge on any atom is -0.477 e. The van der Waals surface area contributed by atoms with E-state index in [0.717, 1.165) is 41.7 Å². The summed E-state index contributed by atoms with van der Waals surface area (Å²) in [5, 5.41) is 10.1. The number of hydrogen-bond acceptors (Lipinski definition) is 2. The highest BCUT2D eigenvalue weighted by Gasteiger charge is 2.23. The van der Waals surface area contributed by atoms with Gasteiger partial charge in [-0.2, -0.15) is 0 Å². The van der Waals surface area contributed by atoms with Crippen LogP contribution < -0.4 is 0 Å². The highest BCUT2D eigenvalue weighted by molar-refractivity contribution is 7.21. The van der Waals surface area contributed by atoms with Crippen LogP contribution in [-0.2, 0) is 12.8 Å². The topological polar surface area (TPSA) is 37.3 Å². The van der Waals surface area contributed by atoms with Crippen molar-refractivity contribution in [3.05, 3.63) is 58.0 Å². The molecular weight excluding hydrogens is 318 g/mol. The number of aromatic carboxylic acids is 1. The Balaban J connectivity index is 2.03. The van der Waals surface area contributed by atoms with Crippen LogP contribution in [0.25, 0.3) is 21.2 Å². The lowest BCUT2D eigenvalue weighted by Gasteiger charge is -2.08. The van der Waals surface area contributed by atoms with Gasteiger partial charge in [0, 0.05) is 15.6 Å². The van der Waals surface area contributed by atoms with E-state index in [1.807, 2.05) is 6.07 Å². The first-order valence-electron chi connectivity index (χ1n) is 7.31. The van der Waals surface area contributed by atoms with Gasteiger partial charge in [0.05, 0.1) is 0 Å². The molecule has 0 saturated heterocycles. The van der Waals surface area contributed by atoms with Gasteiger partial charge in [-0.1, -0.05) is 6.07 Å². The van der Waals surface area contributed by atoms with Crippen molar-refractivity contribution >= 4 is 27.4 Å². The molecule has 0 amide bonds. The van der Waals surface area contributed by atoms with Gasteiger partial charge in [-0.05, 0) is 60.2 Å². The molecule has 0 radical (unpaired) electrons. The van der Waals surface area contributed by atoms with Crippen LogP contribution in [0, 0.1) is 11.6 Å². The molecule has 1 aliphatic rings. The summed E-state index contributed by atoms with van der Waals surface area (Å²) in [6.45, 7) is 0. The minimum absolute atomic E-state index is 0.114. The van der Waals surface area contributed by atoms with Crippen LogP contribution in [0.2, 0.25) is 0 Å². The number of rotatable bonds is 2. The van der Waals surface area contributed by atoms with Gasteiger partial charge in [0.1, 0.15) is 16.5 Å². The van der Waals surface area contributed by atoms with Crippen molar-refractivity contribution in [2.45, 2.75) is 19.3 Å². The quantitative estimate of drug-likeness (QED) is 0.715. The van der Waals surface area contributed by atoms with Crippen LogP contribution in [-0.4, -0.2) is 11.1 Å². The van der Waals surface area contributed by atoms with E-state index in [0.29, 0.717) is 21.2 Å². The van der Waals surface area contributed by atoms with Crippen LogP contribution in [0.3, 0.4) is 0 Å². The molecule has 0 saturated carbocycles. The fourth-order valence-electron chi connectivity index (χ4n) is 3.30. The summed E-state index contributed by atoms with van der Waals surface area (Å²) in [7, 11) is 0. The van der Waals surface area contributed by atoms with Gasteiger partial charge in [-0.25, -0.2) is 13.6 Å². The van der Waals surface area contributed by atoms with E-state index in [2.05, 4.69) is 0 Å². The summed E-state index contributed by atoms with van der Waals surface area (Å²) >= 11 is 1.02. The SMILES string of the molecule is O=C(O)c1sc2cc(F)ccc2c1-c1cc(F)c2c(c1)CCC2. The molecule has 23 heavy (non-hydrogen) atoms. The number of carboxylic acid groups (broad SMARTS) is 1. The molecule has 0 unspecified atom stereocenters. The van der Waals surface area contributed by atoms with Crippen molar-refractivity contribution in [3.63, 3.8) is 0 Å². The predicted molar refractivity (Wildman–Crippen MR) is 86.2 cm³/mol. The van der Waals surface area contributed by atoms with Crippen LogP contribution in [0.1, 0.15) is 27.2 Å². The highest BCUT2D eigenvalue weighted by atomic mass is 32.1. The second kappa shape index (κ2) is 5.13. The number of aryl methyl sites for hydroxylation is 1. The third kappa shape index (κ3) is 2.23. The lowest BCUT2D eigenvalue weighted by molar-refractivity contribution is 0.0703. The van der Waals surface area contributed by atoms with E-state index in [1.165, 1.54) is 18.2 Å². The Hall–Kier alpha value is -2.27. The fraction of sp³-hybridized carbons (Fsp3) is 0.167. The monoisotopic (exact) mass is 330 g/mol. The zero-order chi connectivity index (χ0) is 16.1. The van der Waals surface area contributed by atoms with Crippen molar-refractivity contribution in [1.29, 1.82) is 0 Å². The number of fused-ring (bicyclic) bond motifs is 2. The van der Waals surface area contributed by atoms with Crippen molar-refractivity contribution in [1.82, 2.24) is 0 Å². The predicted octanol–water partition coefficient (Wildman–Crippen LogP) is 5.03. The maximum Gasteiger partial charge on any atom is 0.346 e. The van der Waals surface area contributed by atoms with Crippen LogP contribution in [0.4, 0.5) is 8.78 Å². The van der Waals surface area contributed by atoms with E-state index < -0.39 is 11.8 Å². The van der Waals surface area contributed by atoms with E-state index in [-0.39, 0.29) is 10.7 Å². The third-order valence-electron chi connectivity index (χ3n) is 4.30. The molecular formula is C18H12F2O2S. The molecule has 2 nitrogen and oxygen atoms in total. The van der Waals surface area contributed by atoms with Crippen molar-refractivity contribution in [3.8, 4) is 11.1 Å². The number of benzene rings is 2. The molecule has 2 aromatic carbocycles. The van der Waals surface area contributed by atoms with Crippen LogP contribution in [0.5, 0.6) is 0 Å². The first-order valence-corrected chi connectivity index (χ1v) is 8.13. The smallest absolute Gasteiger partial charge is 0.346 e. The van der Waals surface area contributed by atoms with E-state index >= 15 is 0 Å². The van der Waals surface area contributed by atoms with Gasteiger partial charge in [-0.15, -0.1) is 11.3 Å². The lowest BCUT2D eigenvalue weighted by atomic mass is 9.97. The first-order chi connectivity index (χ1) is 11.0. The second-order valence-electron chi connectivity index (χ2n) is 5.70. The fourth-order valence-corrected chi connectivity index (χ4v) is 4.39. The lowest BCUT2D eigenvalue weighted by Crippen LogP contribution is -1.97. The molecule has 1 aliphatic carbocycles. The van der Waals surface area contributed by atoms with Gasteiger partial charge in [0.15, 0.2) is 0 Å². The molecule has 0 atom stereocenters. The van der Waals surface area contributed by atoms with E-state index in [4.69, 9.17) is 0 Å². The average molecular weight is 330 g/mol. The third-order valence-corrected chi connectivity index (χ3v) is 5.44. The Morgan fingerprint density at radius 2 is 1.96 bits per heavy atom. The molecule has 4 rings (SSSR count). The Labute approximate surface area is 135 Å². The number of hydrogen-bond donors (Lipinski definition) is 1. The number of thiophene rings is 1. The van der Waals surface area contributed by atoms with Gasteiger partial charge in [-0.3, -0.25) is 0 Å². The van der Waals surface area contributed by atoms with E-state index in [9.17, 15) is 18.7 Å². The molecule has 0 bridgehead atoms. The Kier molecular flexibility index (Phi) is 3.20. The zero-order valence-electron chi connectivity index (χ0n) is 12.0. The average Bonchev–Trinajstić information content (AvgIpc) is 3.10. The standard InChI is InChI=1S/C18H12F2O2S/c19-11-4-5-13-15(8-11)23-17(18(21)22)16(13)10-6-9-2-1-3-12(9)14(20)7-10/h4-8H,1-3H2,(H,21,22). The second-order valence-corrected chi connectivity index (χ2v) is 6.75. The van der Waals surface area contributed by atoms with Gasteiger partial charge < -0.3 is 5.11 Å². The summed E-state index contributed by atoms with van der Waals surface area (Å²) in [6.07, 6.45) is 2.44. The van der Waals surface area contributed by atoms with Crippen molar-refractivity contribution < 1.29 is 18.7 Å². The maximum atomic E-state index is 14.3. The molecule has 3 aromatic rings. The number of carboxylic acids is 1. The molecule has 5 heteroatoms. The Bertz CT molecular complexity index is 959. The number of carbonyl (C=O) groups is 1. The summed E-state index contributed by atoms with van der Waals surface area (Å²) < 4.78 is 28.3. The molecule has 0 aliphatic heterocycles. The Morgan fingerprint density at radius 3 is 2.74 bits per heavy atom. The van der Waals surface area contributed by atoms with Gasteiger partial charge in [0.2, 0.25) is 0 Å². The molecule has 0 spiro atoms. The molecule has 1 heterocycles. The van der Waals surface area contributed by atoms with Crippen molar-refractivity contribution in [2.24, 2.45) is 0 Å². The molecule has 1 aromatic heterocycles. The normalized spacial score (nSPS) is 13.5. The number of halogens is 2. The van der Waals surface area contributed by atoms with Crippen LogP contribution >= 0.6 is 11.3 Å². The van der Waals surface area contributed by atoms with Crippen LogP contribution in [0.15, 0.2) is 30.3 Å². The minimum atomic E-state index is -1.08. The first kappa shape index (κ1) is 14.3. The molecule has 1 N–H and O–H groups in total. The highest BCUT2D eigenvalue weighted by Crippen LogP contribution is 2.41. The Morgan fingerprint density at radius 1 is 1.13 bits per heavy atom. The summed E-state index contributed by atoms with van der Waals surface area (Å²) in [5.41, 5.74) is 2.71. The summed E-state index contributed by atoms with van der Waals surface area (Å²) in [6, 6.07) is 7.46. The summed E-state index contributed by atoms with van der Waals surface area (Å²) in [5.74, 6) is -1.78. The zero-order valence-corrected chi connectivity index (χ0v) is 12.8. The van der Waals surface area contributed by atoms with Gasteiger partial charge >= 0.3 is 5.97 Å².